The lowest BCUT2D eigenvalue weighted by Gasteiger charge is -2.35. The first-order valence-electron chi connectivity index (χ1n) is 5.53. The molecule has 1 rings (SSSR count). The Morgan fingerprint density at radius 2 is 2.24 bits per heavy atom. The monoisotopic (exact) mass is 247 g/mol. The molecule has 17 heavy (non-hydrogen) atoms. The van der Waals surface area contributed by atoms with Crippen LogP contribution in [0.2, 0.25) is 0 Å². The minimum absolute atomic E-state index is 0.110. The van der Waals surface area contributed by atoms with Gasteiger partial charge in [-0.05, 0) is 13.8 Å². The summed E-state index contributed by atoms with van der Waals surface area (Å²) in [5, 5.41) is 10.8. The van der Waals surface area contributed by atoms with Gasteiger partial charge in [-0.25, -0.2) is 0 Å². The molecule has 0 aromatic carbocycles. The number of carbonyl (C=O) groups is 1. The molecule has 0 saturated carbocycles. The average molecular weight is 247 g/mol. The first-order chi connectivity index (χ1) is 7.95. The molecule has 0 aliphatic carbocycles. The van der Waals surface area contributed by atoms with Crippen molar-refractivity contribution in [2.24, 2.45) is 0 Å². The Morgan fingerprint density at radius 1 is 1.59 bits per heavy atom. The Bertz CT molecular complexity index is 295. The molecule has 7 heteroatoms. The van der Waals surface area contributed by atoms with Crippen LogP contribution in [0.3, 0.4) is 0 Å². The molecule has 1 saturated heterocycles. The van der Waals surface area contributed by atoms with Crippen LogP contribution < -0.4 is 0 Å². The number of nitro groups is 1. The molecule has 1 aliphatic heterocycles. The Kier molecular flexibility index (Phi) is 4.83. The first-order valence-corrected chi connectivity index (χ1v) is 5.53. The van der Waals surface area contributed by atoms with Gasteiger partial charge in [0.2, 0.25) is 6.04 Å². The maximum Gasteiger partial charge on any atom is 0.303 e. The van der Waals surface area contributed by atoms with Crippen LogP contribution in [0.4, 0.5) is 0 Å². The second-order valence-electron chi connectivity index (χ2n) is 3.90. The smallest absolute Gasteiger partial charge is 0.303 e. The van der Waals surface area contributed by atoms with E-state index < -0.39 is 35.4 Å². The molecule has 0 amide bonds. The lowest BCUT2D eigenvalue weighted by molar-refractivity contribution is -0.548. The minimum atomic E-state index is -0.879. The van der Waals surface area contributed by atoms with Crippen LogP contribution in [0.5, 0.6) is 0 Å². The van der Waals surface area contributed by atoms with Gasteiger partial charge < -0.3 is 14.2 Å². The Labute approximate surface area is 99.2 Å². The van der Waals surface area contributed by atoms with E-state index >= 15 is 0 Å². The summed E-state index contributed by atoms with van der Waals surface area (Å²) in [4.78, 5) is 21.3. The Morgan fingerprint density at radius 3 is 2.71 bits per heavy atom. The summed E-state index contributed by atoms with van der Waals surface area (Å²) in [6.07, 6.45) is -1.90. The zero-order chi connectivity index (χ0) is 13.0. The quantitative estimate of drug-likeness (QED) is 0.413. The summed E-state index contributed by atoms with van der Waals surface area (Å²) in [6.45, 7) is 5.03. The molecule has 0 N–H and O–H groups in total. The fraction of sp³-hybridized carbons (Fsp3) is 0.900. The fourth-order valence-electron chi connectivity index (χ4n) is 1.82. The number of esters is 1. The number of ether oxygens (including phenoxy) is 3. The molecule has 0 aromatic heterocycles. The van der Waals surface area contributed by atoms with Gasteiger partial charge in [0.05, 0.1) is 6.42 Å². The summed E-state index contributed by atoms with van der Waals surface area (Å²) in [6, 6.07) is -0.879. The van der Waals surface area contributed by atoms with Crippen LogP contribution in [-0.4, -0.2) is 42.0 Å². The van der Waals surface area contributed by atoms with Crippen LogP contribution in [0.25, 0.3) is 0 Å². The molecular weight excluding hydrogens is 230 g/mol. The van der Waals surface area contributed by atoms with Crippen molar-refractivity contribution in [2.45, 2.75) is 51.7 Å². The van der Waals surface area contributed by atoms with E-state index in [1.807, 2.05) is 0 Å². The van der Waals surface area contributed by atoms with E-state index in [0.717, 1.165) is 0 Å². The molecule has 0 radical (unpaired) electrons. The zero-order valence-electron chi connectivity index (χ0n) is 10.1. The largest absolute Gasteiger partial charge is 0.457 e. The third-order valence-corrected chi connectivity index (χ3v) is 2.59. The van der Waals surface area contributed by atoms with E-state index in [0.29, 0.717) is 6.61 Å². The summed E-state index contributed by atoms with van der Waals surface area (Å²) in [5.74, 6) is -0.500. The van der Waals surface area contributed by atoms with Crippen molar-refractivity contribution in [3.8, 4) is 0 Å². The summed E-state index contributed by atoms with van der Waals surface area (Å²) < 4.78 is 15.6. The topological polar surface area (TPSA) is 87.9 Å². The number of hydrogen-bond donors (Lipinski definition) is 0. The normalized spacial score (nSPS) is 33.1. The molecule has 1 aliphatic rings. The van der Waals surface area contributed by atoms with Crippen molar-refractivity contribution in [1.29, 1.82) is 0 Å². The zero-order valence-corrected chi connectivity index (χ0v) is 10.1. The highest BCUT2D eigenvalue weighted by molar-refractivity contribution is 5.66. The van der Waals surface area contributed by atoms with Crippen molar-refractivity contribution in [3.05, 3.63) is 10.1 Å². The van der Waals surface area contributed by atoms with Crippen LogP contribution in [0.15, 0.2) is 0 Å². The molecule has 0 aromatic rings. The lowest BCUT2D eigenvalue weighted by Crippen LogP contribution is -2.51. The van der Waals surface area contributed by atoms with Gasteiger partial charge in [0, 0.05) is 18.5 Å². The van der Waals surface area contributed by atoms with E-state index in [9.17, 15) is 14.9 Å². The number of nitrogens with zero attached hydrogens (tertiary/aromatic N) is 1. The van der Waals surface area contributed by atoms with E-state index in [1.54, 1.807) is 13.8 Å². The van der Waals surface area contributed by atoms with Gasteiger partial charge in [-0.2, -0.15) is 0 Å². The van der Waals surface area contributed by atoms with E-state index in [2.05, 4.69) is 0 Å². The van der Waals surface area contributed by atoms with Gasteiger partial charge in [0.15, 0.2) is 12.4 Å². The van der Waals surface area contributed by atoms with Gasteiger partial charge >= 0.3 is 5.97 Å². The second kappa shape index (κ2) is 5.92. The summed E-state index contributed by atoms with van der Waals surface area (Å²) >= 11 is 0. The van der Waals surface area contributed by atoms with Gasteiger partial charge in [-0.15, -0.1) is 0 Å². The molecule has 1 heterocycles. The number of hydrogen-bond acceptors (Lipinski definition) is 6. The van der Waals surface area contributed by atoms with Crippen molar-refractivity contribution in [1.82, 2.24) is 0 Å². The molecule has 4 atom stereocenters. The predicted octanol–water partition coefficient (Wildman–Crippen LogP) is 0.735. The first kappa shape index (κ1) is 13.9. The molecule has 0 unspecified atom stereocenters. The minimum Gasteiger partial charge on any atom is -0.457 e. The second-order valence-corrected chi connectivity index (χ2v) is 3.90. The van der Waals surface area contributed by atoms with Gasteiger partial charge in [0.25, 0.3) is 0 Å². The van der Waals surface area contributed by atoms with Gasteiger partial charge in [-0.1, -0.05) is 0 Å². The van der Waals surface area contributed by atoms with Crippen molar-refractivity contribution in [3.63, 3.8) is 0 Å². The highest BCUT2D eigenvalue weighted by Gasteiger charge is 2.44. The third-order valence-electron chi connectivity index (χ3n) is 2.59. The molecule has 0 spiro atoms. The molecule has 1 fully saturated rings. The van der Waals surface area contributed by atoms with E-state index in [1.165, 1.54) is 6.92 Å². The molecule has 0 bridgehead atoms. The fourth-order valence-corrected chi connectivity index (χ4v) is 1.82. The Balaban J connectivity index is 2.73. The third kappa shape index (κ3) is 3.64. The maximum absolute atomic E-state index is 10.9. The SMILES string of the molecule is CCO[C@H]1O[C@@H](C)[C@H]([N+](=O)[O-])C[C@H]1OC(C)=O. The van der Waals surface area contributed by atoms with Crippen molar-refractivity contribution >= 4 is 5.97 Å². The highest BCUT2D eigenvalue weighted by Crippen LogP contribution is 2.25. The lowest BCUT2D eigenvalue weighted by atomic mass is 10.0. The van der Waals surface area contributed by atoms with Crippen LogP contribution in [-0.2, 0) is 19.0 Å². The summed E-state index contributed by atoms with van der Waals surface area (Å²) in [7, 11) is 0. The van der Waals surface area contributed by atoms with Gasteiger partial charge in [-0.3, -0.25) is 14.9 Å². The number of carbonyl (C=O) groups excluding carboxylic acids is 1. The van der Waals surface area contributed by atoms with Crippen LogP contribution >= 0.6 is 0 Å². The van der Waals surface area contributed by atoms with Crippen LogP contribution in [0.1, 0.15) is 27.2 Å². The summed E-state index contributed by atoms with van der Waals surface area (Å²) in [5.41, 5.74) is 0. The Hall–Kier alpha value is -1.21. The average Bonchev–Trinajstić information content (AvgIpc) is 2.21. The molecular formula is C10H17NO6. The van der Waals surface area contributed by atoms with Gasteiger partial charge in [0.1, 0.15) is 6.10 Å². The predicted molar refractivity (Wildman–Crippen MR) is 56.9 cm³/mol. The standard InChI is InChI=1S/C10H17NO6/c1-4-15-10-9(17-7(3)12)5-8(11(13)14)6(2)16-10/h6,8-10H,4-5H2,1-3H3/t6-,8+,9+,10-/m0/s1. The van der Waals surface area contributed by atoms with E-state index in [-0.39, 0.29) is 6.42 Å². The maximum atomic E-state index is 10.9. The van der Waals surface area contributed by atoms with Crippen LogP contribution in [0, 0.1) is 10.1 Å². The van der Waals surface area contributed by atoms with Crippen molar-refractivity contribution in [2.75, 3.05) is 6.61 Å². The highest BCUT2D eigenvalue weighted by atomic mass is 16.7. The molecule has 7 nitrogen and oxygen atoms in total. The van der Waals surface area contributed by atoms with Crippen molar-refractivity contribution < 1.29 is 23.9 Å². The number of rotatable bonds is 4. The molecule has 98 valence electrons. The van der Waals surface area contributed by atoms with E-state index in [4.69, 9.17) is 14.2 Å².